The van der Waals surface area contributed by atoms with E-state index in [0.717, 1.165) is 83.8 Å². The summed E-state index contributed by atoms with van der Waals surface area (Å²) in [5.74, 6) is -1.02. The number of nitrogens with zero attached hydrogens (tertiary/aromatic N) is 5. The Balaban J connectivity index is 0.000000333. The number of piperazine rings is 1. The van der Waals surface area contributed by atoms with Crippen LogP contribution in [0.5, 0.6) is 0 Å². The first kappa shape index (κ1) is 48.5. The van der Waals surface area contributed by atoms with Gasteiger partial charge in [-0.25, -0.2) is 4.79 Å². The van der Waals surface area contributed by atoms with Crippen molar-refractivity contribution in [2.45, 2.75) is 55.5 Å². The fourth-order valence-corrected chi connectivity index (χ4v) is 7.22. The molecule has 53 heavy (non-hydrogen) atoms. The van der Waals surface area contributed by atoms with E-state index in [1.165, 1.54) is 11.8 Å². The number of aliphatic hydroxyl groups is 1. The average molecular weight is 778 g/mol. The minimum absolute atomic E-state index is 0.209. The molecule has 5 rings (SSSR count). The monoisotopic (exact) mass is 777 g/mol. The number of likely N-dealkylation sites (tertiary alicyclic amines) is 2. The molecule has 0 spiro atoms. The maximum absolute atomic E-state index is 10.5. The Hall–Kier alpha value is -2.55. The highest BCUT2D eigenvalue weighted by molar-refractivity contribution is 8.00. The number of nitrogens with two attached hydrogens (primary N) is 1. The highest BCUT2D eigenvalue weighted by atomic mass is 32.2. The third kappa shape index (κ3) is 21.8. The first-order valence-corrected chi connectivity index (χ1v) is 19.4. The maximum Gasteiger partial charge on any atom is 0.334 e. The molecule has 5 aliphatic rings. The zero-order valence-corrected chi connectivity index (χ0v) is 33.2. The van der Waals surface area contributed by atoms with E-state index in [1.807, 2.05) is 30.9 Å². The smallest absolute Gasteiger partial charge is 0.334 e. The Morgan fingerprint density at radius 1 is 0.736 bits per heavy atom. The number of likely N-dealkylation sites (N-methyl/N-ethyl adjacent to an activating group) is 2. The molecule has 0 aromatic rings. The number of carbonyl (C=O) groups is 4. The van der Waals surface area contributed by atoms with Crippen molar-refractivity contribution in [1.82, 2.24) is 29.8 Å². The van der Waals surface area contributed by atoms with Gasteiger partial charge in [0.25, 0.3) is 0 Å². The second-order valence-corrected chi connectivity index (χ2v) is 15.8. The van der Waals surface area contributed by atoms with Crippen LogP contribution in [-0.2, 0) is 23.9 Å². The van der Waals surface area contributed by atoms with Crippen LogP contribution in [-0.4, -0.2) is 217 Å². The van der Waals surface area contributed by atoms with Crippen molar-refractivity contribution in [2.75, 3.05) is 120 Å². The minimum Gasteiger partial charge on any atom is -0.513 e. The lowest BCUT2D eigenvalue weighted by Crippen LogP contribution is -2.52. The lowest BCUT2D eigenvalue weighted by molar-refractivity contribution is -0.155. The predicted octanol–water partition coefficient (Wildman–Crippen LogP) is 0.0245. The van der Waals surface area contributed by atoms with Crippen molar-refractivity contribution in [1.29, 1.82) is 0 Å². The first-order chi connectivity index (χ1) is 24.9. The molecule has 5 heterocycles. The van der Waals surface area contributed by atoms with Crippen LogP contribution < -0.4 is 11.1 Å². The van der Waals surface area contributed by atoms with Gasteiger partial charge in [-0.1, -0.05) is 6.58 Å². The van der Waals surface area contributed by atoms with Gasteiger partial charge in [-0.15, -0.1) is 11.8 Å². The summed E-state index contributed by atoms with van der Waals surface area (Å²) < 4.78 is 4.97. The standard InChI is InChI=1S/C9H18N2O2.C8H15NO.C6H12N2O2.C6H11NO3.C6H11NO2S/c1-11-4-2-7(3-5-11)6-8(10)9(12)13;1-7(10)8-3-5-9(2)6-4-8;1-8-3-2-7-5(4-8)6(9)10;2*1-7-2-3-10-5(4-7)6(8)9/h7-8H,2-6,10H2,1H3,(H,12,13);8,10H,1,3-6H2,2H3;5,7H,2-4H2,1H3,(H,9,10);2*5H,2-4H2,1H3,(H,8,9). The van der Waals surface area contributed by atoms with Crippen LogP contribution in [0.3, 0.4) is 0 Å². The molecule has 0 aromatic heterocycles. The number of carboxylic acids is 4. The Morgan fingerprint density at radius 3 is 1.68 bits per heavy atom. The van der Waals surface area contributed by atoms with E-state index < -0.39 is 36.0 Å². The molecular weight excluding hydrogens is 710 g/mol. The van der Waals surface area contributed by atoms with Crippen molar-refractivity contribution in [3.63, 3.8) is 0 Å². The average Bonchev–Trinajstić information content (AvgIpc) is 3.10. The molecule has 17 nitrogen and oxygen atoms in total. The lowest BCUT2D eigenvalue weighted by Gasteiger charge is -2.29. The number of thioether (sulfide) groups is 1. The van der Waals surface area contributed by atoms with Gasteiger partial charge in [-0.3, -0.25) is 14.4 Å². The lowest BCUT2D eigenvalue weighted by atomic mass is 9.91. The SMILES string of the molecule is C=C(O)C1CCN(C)CC1.CN1CCC(CC(N)C(=O)O)CC1.CN1CCNC(C(=O)O)C1.CN1CCOC(C(=O)O)C1.CN1CCSC(C(=O)O)C1. The third-order valence-electron chi connectivity index (χ3n) is 9.70. The van der Waals surface area contributed by atoms with E-state index >= 15 is 0 Å². The Bertz CT molecular complexity index is 1030. The highest BCUT2D eigenvalue weighted by Gasteiger charge is 2.25. The summed E-state index contributed by atoms with van der Waals surface area (Å²) in [7, 11) is 9.97. The molecule has 18 heteroatoms. The van der Waals surface area contributed by atoms with Gasteiger partial charge in [-0.2, -0.15) is 0 Å². The van der Waals surface area contributed by atoms with E-state index in [-0.39, 0.29) is 11.3 Å². The summed E-state index contributed by atoms with van der Waals surface area (Å²) in [5, 5.41) is 46.1. The summed E-state index contributed by atoms with van der Waals surface area (Å²) in [6, 6.07) is -1.05. The Morgan fingerprint density at radius 2 is 1.28 bits per heavy atom. The molecule has 0 saturated carbocycles. The second kappa shape index (κ2) is 26.3. The molecule has 0 aromatic carbocycles. The van der Waals surface area contributed by atoms with Crippen molar-refractivity contribution in [2.24, 2.45) is 17.6 Å². The number of morpholine rings is 1. The largest absolute Gasteiger partial charge is 0.513 e. The van der Waals surface area contributed by atoms with E-state index in [4.69, 9.17) is 36.0 Å². The van der Waals surface area contributed by atoms with Gasteiger partial charge >= 0.3 is 23.9 Å². The molecule has 5 fully saturated rings. The summed E-state index contributed by atoms with van der Waals surface area (Å²) in [6.07, 6.45) is 4.29. The quantitative estimate of drug-likeness (QED) is 0.169. The van der Waals surface area contributed by atoms with Gasteiger partial charge in [-0.05, 0) is 99.4 Å². The van der Waals surface area contributed by atoms with Gasteiger partial charge in [0, 0.05) is 57.5 Å². The number of carboxylic acid groups (broad SMARTS) is 4. The zero-order chi connectivity index (χ0) is 40.1. The molecule has 0 amide bonds. The van der Waals surface area contributed by atoms with Crippen LogP contribution in [0.1, 0.15) is 32.1 Å². The van der Waals surface area contributed by atoms with E-state index in [9.17, 15) is 19.2 Å². The van der Waals surface area contributed by atoms with Crippen LogP contribution in [0.15, 0.2) is 12.3 Å². The van der Waals surface area contributed by atoms with Crippen LogP contribution in [0.25, 0.3) is 0 Å². The van der Waals surface area contributed by atoms with Crippen molar-refractivity contribution >= 4 is 35.6 Å². The molecule has 4 unspecified atom stereocenters. The number of aliphatic carboxylic acids is 4. The fourth-order valence-electron chi connectivity index (χ4n) is 6.02. The summed E-state index contributed by atoms with van der Waals surface area (Å²) >= 11 is 1.53. The molecule has 8 N–H and O–H groups in total. The molecular formula is C35H67N7O10S. The minimum atomic E-state index is -0.876. The molecule has 0 aliphatic carbocycles. The van der Waals surface area contributed by atoms with E-state index in [1.54, 1.807) is 0 Å². The Kier molecular flexibility index (Phi) is 24.0. The number of ether oxygens (including phenoxy) is 1. The molecule has 5 saturated heterocycles. The summed E-state index contributed by atoms with van der Waals surface area (Å²) in [4.78, 5) is 52.3. The van der Waals surface area contributed by atoms with Crippen molar-refractivity contribution < 1.29 is 49.4 Å². The zero-order valence-electron chi connectivity index (χ0n) is 32.4. The van der Waals surface area contributed by atoms with Gasteiger partial charge < -0.3 is 65.8 Å². The van der Waals surface area contributed by atoms with Crippen LogP contribution in [0.4, 0.5) is 0 Å². The van der Waals surface area contributed by atoms with Crippen molar-refractivity contribution in [3.8, 4) is 0 Å². The first-order valence-electron chi connectivity index (χ1n) is 18.3. The normalized spacial score (nSPS) is 26.0. The van der Waals surface area contributed by atoms with Crippen LogP contribution in [0.2, 0.25) is 0 Å². The molecule has 4 atom stereocenters. The number of rotatable bonds is 7. The number of allylic oxidation sites excluding steroid dienone is 1. The van der Waals surface area contributed by atoms with Gasteiger partial charge in [0.1, 0.15) is 17.3 Å². The molecule has 0 bridgehead atoms. The summed E-state index contributed by atoms with van der Waals surface area (Å²) in [5.41, 5.74) is 5.47. The van der Waals surface area contributed by atoms with Crippen LogP contribution >= 0.6 is 11.8 Å². The topological polar surface area (TPSA) is 233 Å². The number of aliphatic hydroxyl groups excluding tert-OH is 1. The van der Waals surface area contributed by atoms with Gasteiger partial charge in [0.2, 0.25) is 0 Å². The second-order valence-electron chi connectivity index (χ2n) is 14.5. The van der Waals surface area contributed by atoms with Crippen LogP contribution in [0, 0.1) is 11.8 Å². The van der Waals surface area contributed by atoms with Gasteiger partial charge in [0.15, 0.2) is 6.10 Å². The predicted molar refractivity (Wildman–Crippen MR) is 206 cm³/mol. The summed E-state index contributed by atoms with van der Waals surface area (Å²) in [6.45, 7) is 13.7. The van der Waals surface area contributed by atoms with E-state index in [0.29, 0.717) is 50.3 Å². The molecule has 308 valence electrons. The third-order valence-corrected chi connectivity index (χ3v) is 10.9. The fraction of sp³-hybridized carbons (Fsp3) is 0.829. The van der Waals surface area contributed by atoms with Crippen molar-refractivity contribution in [3.05, 3.63) is 12.3 Å². The number of nitrogens with one attached hydrogen (secondary N) is 1. The maximum atomic E-state index is 10.5. The van der Waals surface area contributed by atoms with Gasteiger partial charge in [0.05, 0.1) is 12.4 Å². The van der Waals surface area contributed by atoms with E-state index in [2.05, 4.69) is 40.7 Å². The number of piperidine rings is 2. The molecule has 0 radical (unpaired) electrons. The number of hydrogen-bond donors (Lipinski definition) is 7. The molecule has 5 aliphatic heterocycles. The Labute approximate surface area is 319 Å². The highest BCUT2D eigenvalue weighted by Crippen LogP contribution is 2.21. The number of hydrogen-bond acceptors (Lipinski definition) is 14.